The molecule has 2 aromatic rings. The van der Waals surface area contributed by atoms with Crippen LogP contribution in [0.15, 0.2) is 59.5 Å². The number of para-hydroxylation sites is 1. The minimum Gasteiger partial charge on any atom is -0.355 e. The topological polar surface area (TPSA) is 104 Å². The second-order valence-corrected chi connectivity index (χ2v) is 7.67. The number of nitrogens with one attached hydrogen (secondary N) is 3. The molecule has 1 aliphatic heterocycles. The van der Waals surface area contributed by atoms with Crippen LogP contribution in [0.3, 0.4) is 0 Å². The van der Waals surface area contributed by atoms with E-state index in [0.717, 1.165) is 0 Å². The Kier molecular flexibility index (Phi) is 5.34. The fourth-order valence-corrected chi connectivity index (χ4v) is 3.94. The van der Waals surface area contributed by atoms with Crippen molar-refractivity contribution in [1.82, 2.24) is 10.0 Å². The fourth-order valence-electron chi connectivity index (χ4n) is 2.67. The van der Waals surface area contributed by atoms with Gasteiger partial charge in [-0.25, -0.2) is 8.42 Å². The molecular weight excluding hydrogens is 354 g/mol. The number of hydrogen-bond donors (Lipinski definition) is 3. The number of carbonyl (C=O) groups excluding carboxylic acids is 2. The molecule has 0 saturated carbocycles. The highest BCUT2D eigenvalue weighted by Gasteiger charge is 2.28. The van der Waals surface area contributed by atoms with Crippen molar-refractivity contribution in [3.63, 3.8) is 0 Å². The minimum atomic E-state index is -3.91. The van der Waals surface area contributed by atoms with Gasteiger partial charge in [0.05, 0.1) is 4.90 Å². The highest BCUT2D eigenvalue weighted by atomic mass is 32.2. The van der Waals surface area contributed by atoms with Crippen molar-refractivity contribution in [3.8, 4) is 0 Å². The number of amides is 2. The maximum absolute atomic E-state index is 12.6. The quantitative estimate of drug-likeness (QED) is 0.739. The molecule has 1 aliphatic rings. The van der Waals surface area contributed by atoms with E-state index in [4.69, 9.17) is 0 Å². The fraction of sp³-hybridized carbons (Fsp3) is 0.222. The lowest BCUT2D eigenvalue weighted by Crippen LogP contribution is -2.50. The van der Waals surface area contributed by atoms with Gasteiger partial charge in [-0.3, -0.25) is 9.59 Å². The van der Waals surface area contributed by atoms with Crippen LogP contribution < -0.4 is 15.4 Å². The average molecular weight is 373 g/mol. The van der Waals surface area contributed by atoms with E-state index in [1.54, 1.807) is 24.3 Å². The second-order valence-electron chi connectivity index (χ2n) is 5.96. The first-order valence-corrected chi connectivity index (χ1v) is 9.70. The van der Waals surface area contributed by atoms with Gasteiger partial charge in [-0.2, -0.15) is 4.72 Å². The molecule has 1 saturated heterocycles. The third-order valence-corrected chi connectivity index (χ3v) is 5.49. The molecule has 3 N–H and O–H groups in total. The van der Waals surface area contributed by atoms with E-state index < -0.39 is 22.0 Å². The van der Waals surface area contributed by atoms with E-state index in [-0.39, 0.29) is 16.4 Å². The van der Waals surface area contributed by atoms with Crippen LogP contribution in [0.4, 0.5) is 5.69 Å². The van der Waals surface area contributed by atoms with Crippen LogP contribution in [0.2, 0.25) is 0 Å². The van der Waals surface area contributed by atoms with E-state index >= 15 is 0 Å². The Hall–Kier alpha value is -2.71. The normalized spacial score (nSPS) is 17.4. The van der Waals surface area contributed by atoms with E-state index in [2.05, 4.69) is 15.4 Å². The highest BCUT2D eigenvalue weighted by molar-refractivity contribution is 7.89. The summed E-state index contributed by atoms with van der Waals surface area (Å²) in [6, 6.07) is 13.8. The molecule has 7 nitrogen and oxygen atoms in total. The summed E-state index contributed by atoms with van der Waals surface area (Å²) in [7, 11) is -3.91. The SMILES string of the molecule is O=C(Nc1ccccc1)c1cccc(S(=O)(=O)NC2CCCNC2=O)c1. The van der Waals surface area contributed by atoms with Crippen LogP contribution in [0.1, 0.15) is 23.2 Å². The Morgan fingerprint density at radius 2 is 1.85 bits per heavy atom. The molecule has 1 heterocycles. The molecule has 0 aromatic heterocycles. The molecule has 2 aromatic carbocycles. The van der Waals surface area contributed by atoms with Gasteiger partial charge >= 0.3 is 0 Å². The maximum Gasteiger partial charge on any atom is 0.255 e. The van der Waals surface area contributed by atoms with Gasteiger partial charge in [0.15, 0.2) is 0 Å². The number of sulfonamides is 1. The summed E-state index contributed by atoms with van der Waals surface area (Å²) < 4.78 is 27.5. The van der Waals surface area contributed by atoms with Crippen LogP contribution in [-0.2, 0) is 14.8 Å². The Morgan fingerprint density at radius 1 is 1.08 bits per heavy atom. The van der Waals surface area contributed by atoms with Crippen molar-refractivity contribution in [3.05, 3.63) is 60.2 Å². The van der Waals surface area contributed by atoms with Crippen LogP contribution >= 0.6 is 0 Å². The Bertz CT molecular complexity index is 913. The monoisotopic (exact) mass is 373 g/mol. The zero-order valence-corrected chi connectivity index (χ0v) is 14.8. The molecule has 0 radical (unpaired) electrons. The van der Waals surface area contributed by atoms with E-state index in [0.29, 0.717) is 25.1 Å². The summed E-state index contributed by atoms with van der Waals surface area (Å²) in [4.78, 5) is 24.1. The zero-order chi connectivity index (χ0) is 18.6. The predicted molar refractivity (Wildman–Crippen MR) is 97.2 cm³/mol. The van der Waals surface area contributed by atoms with Gasteiger partial charge < -0.3 is 10.6 Å². The number of rotatable bonds is 5. The van der Waals surface area contributed by atoms with Crippen LogP contribution in [-0.4, -0.2) is 32.8 Å². The van der Waals surface area contributed by atoms with Gasteiger partial charge in [-0.05, 0) is 43.2 Å². The molecule has 26 heavy (non-hydrogen) atoms. The number of hydrogen-bond acceptors (Lipinski definition) is 4. The molecule has 2 amide bonds. The van der Waals surface area contributed by atoms with Crippen molar-refractivity contribution in [2.24, 2.45) is 0 Å². The molecule has 8 heteroatoms. The van der Waals surface area contributed by atoms with Gasteiger partial charge in [-0.15, -0.1) is 0 Å². The number of anilines is 1. The molecule has 136 valence electrons. The third-order valence-electron chi connectivity index (χ3n) is 4.02. The molecule has 3 rings (SSSR count). The summed E-state index contributed by atoms with van der Waals surface area (Å²) >= 11 is 0. The highest BCUT2D eigenvalue weighted by Crippen LogP contribution is 2.15. The van der Waals surface area contributed by atoms with Gasteiger partial charge in [-0.1, -0.05) is 24.3 Å². The third kappa shape index (κ3) is 4.27. The number of benzene rings is 2. The lowest BCUT2D eigenvalue weighted by Gasteiger charge is -2.22. The Morgan fingerprint density at radius 3 is 2.58 bits per heavy atom. The van der Waals surface area contributed by atoms with Crippen molar-refractivity contribution in [1.29, 1.82) is 0 Å². The van der Waals surface area contributed by atoms with Gasteiger partial charge in [0, 0.05) is 17.8 Å². The van der Waals surface area contributed by atoms with E-state index in [9.17, 15) is 18.0 Å². The van der Waals surface area contributed by atoms with Gasteiger partial charge in [0.25, 0.3) is 5.91 Å². The smallest absolute Gasteiger partial charge is 0.255 e. The van der Waals surface area contributed by atoms with Gasteiger partial charge in [0.2, 0.25) is 15.9 Å². The zero-order valence-electron chi connectivity index (χ0n) is 13.9. The van der Waals surface area contributed by atoms with Crippen LogP contribution in [0.25, 0.3) is 0 Å². The molecule has 0 bridgehead atoms. The van der Waals surface area contributed by atoms with Crippen molar-refractivity contribution >= 4 is 27.5 Å². The van der Waals surface area contributed by atoms with E-state index in [1.165, 1.54) is 24.3 Å². The molecule has 1 fully saturated rings. The molecule has 1 unspecified atom stereocenters. The van der Waals surface area contributed by atoms with Crippen molar-refractivity contribution in [2.75, 3.05) is 11.9 Å². The number of carbonyl (C=O) groups is 2. The number of piperidine rings is 1. The molecule has 0 spiro atoms. The largest absolute Gasteiger partial charge is 0.355 e. The predicted octanol–water partition coefficient (Wildman–Crippen LogP) is 1.50. The summed E-state index contributed by atoms with van der Waals surface area (Å²) in [5, 5.41) is 5.34. The Balaban J connectivity index is 1.77. The summed E-state index contributed by atoms with van der Waals surface area (Å²) in [5.74, 6) is -0.749. The standard InChI is InChI=1S/C18H19N3O4S/c22-17(20-14-7-2-1-3-8-14)13-6-4-9-15(12-13)26(24,25)21-16-10-5-11-19-18(16)23/h1-4,6-9,12,16,21H,5,10-11H2,(H,19,23)(H,20,22). The summed E-state index contributed by atoms with van der Waals surface area (Å²) in [6.07, 6.45) is 1.15. The minimum absolute atomic E-state index is 0.0587. The summed E-state index contributed by atoms with van der Waals surface area (Å²) in [6.45, 7) is 0.548. The molecule has 1 atom stereocenters. The molecular formula is C18H19N3O4S. The van der Waals surface area contributed by atoms with Crippen LogP contribution in [0, 0.1) is 0 Å². The van der Waals surface area contributed by atoms with Gasteiger partial charge in [0.1, 0.15) is 6.04 Å². The van der Waals surface area contributed by atoms with E-state index in [1.807, 2.05) is 6.07 Å². The van der Waals surface area contributed by atoms with Crippen molar-refractivity contribution in [2.45, 2.75) is 23.8 Å². The summed E-state index contributed by atoms with van der Waals surface area (Å²) in [5.41, 5.74) is 0.826. The first-order chi connectivity index (χ1) is 12.5. The van der Waals surface area contributed by atoms with Crippen LogP contribution in [0.5, 0.6) is 0 Å². The Labute approximate surface area is 151 Å². The first kappa shape index (κ1) is 18.1. The maximum atomic E-state index is 12.6. The lowest BCUT2D eigenvalue weighted by molar-refractivity contribution is -0.124. The first-order valence-electron chi connectivity index (χ1n) is 8.22. The average Bonchev–Trinajstić information content (AvgIpc) is 2.64. The molecule has 0 aliphatic carbocycles. The lowest BCUT2D eigenvalue weighted by atomic mass is 10.1. The second kappa shape index (κ2) is 7.67. The van der Waals surface area contributed by atoms with Crippen molar-refractivity contribution < 1.29 is 18.0 Å².